The number of halogens is 3. The molecule has 3 nitrogen and oxygen atoms in total. The summed E-state index contributed by atoms with van der Waals surface area (Å²) in [5.41, 5.74) is 1.79. The van der Waals surface area contributed by atoms with Crippen LogP contribution in [0.2, 0.25) is 0 Å². The van der Waals surface area contributed by atoms with Crippen molar-refractivity contribution in [3.05, 3.63) is 52.5 Å². The molecule has 0 bridgehead atoms. The van der Waals surface area contributed by atoms with Crippen LogP contribution in [0.4, 0.5) is 4.39 Å². The molecule has 0 atom stereocenters. The number of hydrogen-bond acceptors (Lipinski definition) is 2. The van der Waals surface area contributed by atoms with Crippen LogP contribution in [0, 0.1) is 5.82 Å². The number of alkyl halides is 1. The first-order valence-electron chi connectivity index (χ1n) is 6.21. The number of ether oxygens (including phenoxy) is 1. The molecule has 0 aliphatic heterocycles. The molecule has 6 heteroatoms. The second-order valence-electron chi connectivity index (χ2n) is 4.45. The van der Waals surface area contributed by atoms with Crippen molar-refractivity contribution < 1.29 is 9.13 Å². The maximum absolute atomic E-state index is 13.9. The fourth-order valence-corrected chi connectivity index (χ4v) is 2.93. The van der Waals surface area contributed by atoms with E-state index < -0.39 is 0 Å². The normalized spacial score (nSPS) is 11.0. The van der Waals surface area contributed by atoms with Crippen LogP contribution in [0.1, 0.15) is 5.82 Å². The molecule has 0 aliphatic carbocycles. The third-order valence-corrected chi connectivity index (χ3v) is 3.87. The summed E-state index contributed by atoms with van der Waals surface area (Å²) in [5, 5.41) is 0. The lowest BCUT2D eigenvalue weighted by Gasteiger charge is -2.10. The predicted molar refractivity (Wildman–Crippen MR) is 84.8 cm³/mol. The van der Waals surface area contributed by atoms with E-state index in [0.29, 0.717) is 22.6 Å². The molecule has 0 fully saturated rings. The molecule has 0 radical (unpaired) electrons. The molecule has 0 saturated heterocycles. The summed E-state index contributed by atoms with van der Waals surface area (Å²) in [6.07, 6.45) is 0. The number of hydrogen-bond donors (Lipinski definition) is 0. The highest BCUT2D eigenvalue weighted by Gasteiger charge is 2.15. The highest BCUT2D eigenvalue weighted by molar-refractivity contribution is 9.10. The first-order valence-corrected chi connectivity index (χ1v) is 7.53. The minimum Gasteiger partial charge on any atom is -0.497 e. The summed E-state index contributed by atoms with van der Waals surface area (Å²) in [4.78, 5) is 4.29. The van der Waals surface area contributed by atoms with Crippen molar-refractivity contribution in [3.63, 3.8) is 0 Å². The van der Waals surface area contributed by atoms with Gasteiger partial charge in [-0.1, -0.05) is 22.0 Å². The molecule has 0 aliphatic rings. The first kappa shape index (κ1) is 14.4. The molecule has 0 amide bonds. The zero-order valence-electron chi connectivity index (χ0n) is 11.1. The molecule has 0 saturated carbocycles. The Balaban J connectivity index is 2.33. The van der Waals surface area contributed by atoms with Gasteiger partial charge in [-0.15, -0.1) is 11.6 Å². The number of fused-ring (bicyclic) bond motifs is 1. The molecule has 108 valence electrons. The van der Waals surface area contributed by atoms with Gasteiger partial charge in [-0.25, -0.2) is 9.37 Å². The zero-order valence-corrected chi connectivity index (χ0v) is 13.4. The average Bonchev–Trinajstić information content (AvgIpc) is 2.86. The van der Waals surface area contributed by atoms with Crippen LogP contribution >= 0.6 is 27.5 Å². The third-order valence-electron chi connectivity index (χ3n) is 3.17. The Bertz CT molecular complexity index is 819. The Labute approximate surface area is 134 Å². The highest BCUT2D eigenvalue weighted by atomic mass is 79.9. The van der Waals surface area contributed by atoms with Crippen LogP contribution in [-0.2, 0) is 5.88 Å². The second kappa shape index (κ2) is 5.66. The van der Waals surface area contributed by atoms with E-state index in [-0.39, 0.29) is 11.7 Å². The summed E-state index contributed by atoms with van der Waals surface area (Å²) in [5.74, 6) is 1.10. The van der Waals surface area contributed by atoms with E-state index in [1.807, 2.05) is 28.8 Å². The van der Waals surface area contributed by atoms with Crippen LogP contribution in [0.3, 0.4) is 0 Å². The fourth-order valence-electron chi connectivity index (χ4n) is 2.29. The lowest BCUT2D eigenvalue weighted by molar-refractivity contribution is 0.414. The van der Waals surface area contributed by atoms with Crippen molar-refractivity contribution in [3.8, 4) is 11.4 Å². The first-order chi connectivity index (χ1) is 10.1. The van der Waals surface area contributed by atoms with E-state index in [1.165, 1.54) is 6.07 Å². The Kier molecular flexibility index (Phi) is 3.87. The SMILES string of the molecule is COc1cc(Br)cc(-n2c(CCl)nc3c(F)cccc32)c1. The number of nitrogens with zero attached hydrogens (tertiary/aromatic N) is 2. The standard InChI is InChI=1S/C15H11BrClFN2O/c1-21-11-6-9(16)5-10(7-11)20-13-4-2-3-12(18)15(13)19-14(20)8-17/h2-7H,8H2,1H3. The summed E-state index contributed by atoms with van der Waals surface area (Å²) in [6, 6.07) is 10.5. The van der Waals surface area contributed by atoms with Crippen molar-refractivity contribution >= 4 is 38.6 Å². The smallest absolute Gasteiger partial charge is 0.151 e. The van der Waals surface area contributed by atoms with Gasteiger partial charge in [0.1, 0.15) is 17.1 Å². The Morgan fingerprint density at radius 3 is 2.86 bits per heavy atom. The van der Waals surface area contributed by atoms with Gasteiger partial charge in [0.15, 0.2) is 5.82 Å². The molecule has 0 N–H and O–H groups in total. The van der Waals surface area contributed by atoms with Crippen LogP contribution in [-0.4, -0.2) is 16.7 Å². The molecule has 3 aromatic rings. The van der Waals surface area contributed by atoms with Gasteiger partial charge >= 0.3 is 0 Å². The van der Waals surface area contributed by atoms with Crippen molar-refractivity contribution in [2.24, 2.45) is 0 Å². The molecule has 21 heavy (non-hydrogen) atoms. The maximum atomic E-state index is 13.9. The summed E-state index contributed by atoms with van der Waals surface area (Å²) < 4.78 is 21.9. The van der Waals surface area contributed by atoms with E-state index in [1.54, 1.807) is 13.2 Å². The van der Waals surface area contributed by atoms with Crippen molar-refractivity contribution in [2.45, 2.75) is 5.88 Å². The van der Waals surface area contributed by atoms with Crippen LogP contribution in [0.5, 0.6) is 5.75 Å². The van der Waals surface area contributed by atoms with Crippen LogP contribution < -0.4 is 4.74 Å². The van der Waals surface area contributed by atoms with Gasteiger partial charge in [-0.05, 0) is 24.3 Å². The number of benzene rings is 2. The van der Waals surface area contributed by atoms with Crippen LogP contribution in [0.25, 0.3) is 16.7 Å². The molecule has 0 spiro atoms. The van der Waals surface area contributed by atoms with Crippen molar-refractivity contribution in [1.82, 2.24) is 9.55 Å². The minimum atomic E-state index is -0.362. The topological polar surface area (TPSA) is 27.1 Å². The molecule has 2 aromatic carbocycles. The molecule has 1 heterocycles. The number of methoxy groups -OCH3 is 1. The summed E-state index contributed by atoms with van der Waals surface area (Å²) >= 11 is 9.41. The van der Waals surface area contributed by atoms with Gasteiger partial charge in [0, 0.05) is 10.5 Å². The fraction of sp³-hybridized carbons (Fsp3) is 0.133. The molecule has 1 aromatic heterocycles. The van der Waals surface area contributed by atoms with Gasteiger partial charge in [0.2, 0.25) is 0 Å². The monoisotopic (exact) mass is 368 g/mol. The number of imidazole rings is 1. The van der Waals surface area contributed by atoms with Gasteiger partial charge in [-0.3, -0.25) is 4.57 Å². The molecular formula is C15H11BrClFN2O. The number of para-hydroxylation sites is 1. The summed E-state index contributed by atoms with van der Waals surface area (Å²) in [7, 11) is 1.60. The Morgan fingerprint density at radius 1 is 1.33 bits per heavy atom. The molecular weight excluding hydrogens is 359 g/mol. The van der Waals surface area contributed by atoms with Crippen LogP contribution in [0.15, 0.2) is 40.9 Å². The average molecular weight is 370 g/mol. The number of rotatable bonds is 3. The van der Waals surface area contributed by atoms with E-state index >= 15 is 0 Å². The van der Waals surface area contributed by atoms with E-state index in [4.69, 9.17) is 16.3 Å². The zero-order chi connectivity index (χ0) is 15.0. The maximum Gasteiger partial charge on any atom is 0.151 e. The molecule has 3 rings (SSSR count). The third kappa shape index (κ3) is 2.51. The van der Waals surface area contributed by atoms with Gasteiger partial charge < -0.3 is 4.74 Å². The van der Waals surface area contributed by atoms with Gasteiger partial charge in [0.25, 0.3) is 0 Å². The second-order valence-corrected chi connectivity index (χ2v) is 5.64. The summed E-state index contributed by atoms with van der Waals surface area (Å²) in [6.45, 7) is 0. The number of aromatic nitrogens is 2. The quantitative estimate of drug-likeness (QED) is 0.627. The lowest BCUT2D eigenvalue weighted by atomic mass is 10.2. The van der Waals surface area contributed by atoms with E-state index in [9.17, 15) is 4.39 Å². The lowest BCUT2D eigenvalue weighted by Crippen LogP contribution is -2.00. The predicted octanol–water partition coefficient (Wildman–Crippen LogP) is 4.67. The van der Waals surface area contributed by atoms with Gasteiger partial charge in [0.05, 0.1) is 24.2 Å². The van der Waals surface area contributed by atoms with Crippen molar-refractivity contribution in [1.29, 1.82) is 0 Å². The Hall–Kier alpha value is -1.59. The molecule has 0 unspecified atom stereocenters. The van der Waals surface area contributed by atoms with Gasteiger partial charge in [-0.2, -0.15) is 0 Å². The largest absolute Gasteiger partial charge is 0.497 e. The minimum absolute atomic E-state index is 0.183. The van der Waals surface area contributed by atoms with E-state index in [2.05, 4.69) is 20.9 Å². The van der Waals surface area contributed by atoms with E-state index in [0.717, 1.165) is 10.2 Å². The Morgan fingerprint density at radius 2 is 2.14 bits per heavy atom. The van der Waals surface area contributed by atoms with Crippen molar-refractivity contribution in [2.75, 3.05) is 7.11 Å². The highest BCUT2D eigenvalue weighted by Crippen LogP contribution is 2.29.